The minimum Gasteiger partial charge on any atom is -0.388 e. The molecule has 2 N–H and O–H groups in total. The molecule has 1 aliphatic rings. The maximum absolute atomic E-state index is 13.7. The largest absolute Gasteiger partial charge is 0.388 e. The van der Waals surface area contributed by atoms with E-state index in [1.54, 1.807) is 18.2 Å². The summed E-state index contributed by atoms with van der Waals surface area (Å²) in [4.78, 5) is 2.14. The number of hydrogen-bond acceptors (Lipinski definition) is 3. The Labute approximate surface area is 142 Å². The zero-order valence-corrected chi connectivity index (χ0v) is 13.7. The van der Waals surface area contributed by atoms with Gasteiger partial charge in [-0.2, -0.15) is 0 Å². The molecule has 0 bridgehead atoms. The van der Waals surface area contributed by atoms with Crippen molar-refractivity contribution in [3.8, 4) is 0 Å². The maximum Gasteiger partial charge on any atom is 0.129 e. The van der Waals surface area contributed by atoms with Gasteiger partial charge in [0.2, 0.25) is 0 Å². The molecule has 0 spiro atoms. The minimum absolute atomic E-state index is 0.231. The Kier molecular flexibility index (Phi) is 5.61. The van der Waals surface area contributed by atoms with E-state index in [1.807, 2.05) is 30.3 Å². The molecule has 2 aromatic rings. The van der Waals surface area contributed by atoms with Gasteiger partial charge in [-0.3, -0.25) is 0 Å². The molecule has 0 saturated carbocycles. The molecule has 0 aromatic heterocycles. The molecule has 0 aliphatic carbocycles. The van der Waals surface area contributed by atoms with Crippen LogP contribution in [0.2, 0.25) is 0 Å². The lowest BCUT2D eigenvalue weighted by Gasteiger charge is -2.35. The Morgan fingerprint density at radius 1 is 0.958 bits per heavy atom. The Balaban J connectivity index is 1.53. The SMILES string of the molecule is OC(CN1CCC(C(O)c2ccccc2)CC1)c1ccccc1F. The number of halogens is 1. The van der Waals surface area contributed by atoms with Gasteiger partial charge in [0.05, 0.1) is 12.2 Å². The second-order valence-corrected chi connectivity index (χ2v) is 6.53. The zero-order chi connectivity index (χ0) is 16.9. The first-order chi connectivity index (χ1) is 11.6. The van der Waals surface area contributed by atoms with Crippen molar-refractivity contribution >= 4 is 0 Å². The fourth-order valence-corrected chi connectivity index (χ4v) is 3.46. The number of nitrogens with zero attached hydrogens (tertiary/aromatic N) is 1. The summed E-state index contributed by atoms with van der Waals surface area (Å²) in [5, 5.41) is 20.8. The average molecular weight is 329 g/mol. The smallest absolute Gasteiger partial charge is 0.129 e. The van der Waals surface area contributed by atoms with Crippen LogP contribution in [0.25, 0.3) is 0 Å². The van der Waals surface area contributed by atoms with Crippen LogP contribution >= 0.6 is 0 Å². The van der Waals surface area contributed by atoms with Crippen LogP contribution in [0, 0.1) is 11.7 Å². The van der Waals surface area contributed by atoms with Crippen LogP contribution in [0.4, 0.5) is 4.39 Å². The number of hydrogen-bond donors (Lipinski definition) is 2. The van der Waals surface area contributed by atoms with Crippen LogP contribution in [0.15, 0.2) is 54.6 Å². The number of aliphatic hydroxyl groups excluding tert-OH is 2. The van der Waals surface area contributed by atoms with Gasteiger partial charge in [-0.1, -0.05) is 48.5 Å². The summed E-state index contributed by atoms with van der Waals surface area (Å²) < 4.78 is 13.7. The molecule has 0 radical (unpaired) electrons. The van der Waals surface area contributed by atoms with E-state index in [9.17, 15) is 14.6 Å². The van der Waals surface area contributed by atoms with Crippen molar-refractivity contribution in [2.75, 3.05) is 19.6 Å². The van der Waals surface area contributed by atoms with E-state index in [4.69, 9.17) is 0 Å². The molecule has 3 nitrogen and oxygen atoms in total. The van der Waals surface area contributed by atoms with E-state index in [0.717, 1.165) is 31.5 Å². The molecule has 2 atom stereocenters. The van der Waals surface area contributed by atoms with Crippen LogP contribution < -0.4 is 0 Å². The van der Waals surface area contributed by atoms with Gasteiger partial charge >= 0.3 is 0 Å². The molecule has 1 fully saturated rings. The first kappa shape index (κ1) is 17.1. The molecule has 3 rings (SSSR count). The highest BCUT2D eigenvalue weighted by atomic mass is 19.1. The van der Waals surface area contributed by atoms with Crippen molar-refractivity contribution in [2.24, 2.45) is 5.92 Å². The monoisotopic (exact) mass is 329 g/mol. The molecule has 1 heterocycles. The number of likely N-dealkylation sites (tertiary alicyclic amines) is 1. The second kappa shape index (κ2) is 7.88. The third-order valence-corrected chi connectivity index (χ3v) is 4.92. The van der Waals surface area contributed by atoms with Gasteiger partial charge in [-0.25, -0.2) is 4.39 Å². The van der Waals surface area contributed by atoms with E-state index < -0.39 is 12.2 Å². The lowest BCUT2D eigenvalue weighted by Crippen LogP contribution is -2.38. The number of rotatable bonds is 5. The number of piperidine rings is 1. The zero-order valence-electron chi connectivity index (χ0n) is 13.7. The predicted octanol–water partition coefficient (Wildman–Crippen LogP) is 3.30. The lowest BCUT2D eigenvalue weighted by atomic mass is 9.87. The maximum atomic E-state index is 13.7. The topological polar surface area (TPSA) is 43.7 Å². The van der Waals surface area contributed by atoms with Crippen molar-refractivity contribution in [1.82, 2.24) is 4.90 Å². The molecule has 1 aliphatic heterocycles. The normalized spacial score (nSPS) is 19.1. The van der Waals surface area contributed by atoms with Crippen LogP contribution in [0.5, 0.6) is 0 Å². The first-order valence-corrected chi connectivity index (χ1v) is 8.53. The Bertz CT molecular complexity index is 641. The summed E-state index contributed by atoms with van der Waals surface area (Å²) in [5.41, 5.74) is 1.31. The Hall–Kier alpha value is -1.75. The number of β-amino-alcohol motifs (C(OH)–C–C–N with tert-alkyl or cyclic N) is 1. The second-order valence-electron chi connectivity index (χ2n) is 6.53. The predicted molar refractivity (Wildman–Crippen MR) is 91.9 cm³/mol. The van der Waals surface area contributed by atoms with Crippen LogP contribution in [-0.4, -0.2) is 34.7 Å². The minimum atomic E-state index is -0.818. The molecule has 1 saturated heterocycles. The summed E-state index contributed by atoms with van der Waals surface area (Å²) in [6.45, 7) is 2.04. The van der Waals surface area contributed by atoms with E-state index in [1.165, 1.54) is 6.07 Å². The summed E-state index contributed by atoms with van der Waals surface area (Å²) >= 11 is 0. The number of benzene rings is 2. The van der Waals surface area contributed by atoms with Crippen molar-refractivity contribution in [3.05, 3.63) is 71.5 Å². The summed E-state index contributed by atoms with van der Waals surface area (Å²) in [6, 6.07) is 16.1. The molecular formula is C20H24FNO2. The molecule has 0 amide bonds. The van der Waals surface area contributed by atoms with Gasteiger partial charge in [0.1, 0.15) is 5.82 Å². The Morgan fingerprint density at radius 2 is 1.58 bits per heavy atom. The first-order valence-electron chi connectivity index (χ1n) is 8.53. The lowest BCUT2D eigenvalue weighted by molar-refractivity contribution is 0.0392. The summed E-state index contributed by atoms with van der Waals surface area (Å²) in [6.07, 6.45) is 0.492. The molecule has 24 heavy (non-hydrogen) atoms. The standard InChI is InChI=1S/C20H24FNO2/c21-18-9-5-4-8-17(18)19(23)14-22-12-10-16(11-13-22)20(24)15-6-2-1-3-7-15/h1-9,16,19-20,23-24H,10-14H2. The van der Waals surface area contributed by atoms with E-state index in [-0.39, 0.29) is 11.7 Å². The van der Waals surface area contributed by atoms with Crippen molar-refractivity contribution in [3.63, 3.8) is 0 Å². The molecule has 2 aromatic carbocycles. The molecule has 2 unspecified atom stereocenters. The molecule has 128 valence electrons. The quantitative estimate of drug-likeness (QED) is 0.884. The molecular weight excluding hydrogens is 305 g/mol. The van der Waals surface area contributed by atoms with E-state index in [0.29, 0.717) is 12.1 Å². The fraction of sp³-hybridized carbons (Fsp3) is 0.400. The van der Waals surface area contributed by atoms with Gasteiger partial charge in [0.15, 0.2) is 0 Å². The average Bonchev–Trinajstić information content (AvgIpc) is 2.63. The number of aliphatic hydroxyl groups is 2. The third kappa shape index (κ3) is 4.01. The van der Waals surface area contributed by atoms with Crippen molar-refractivity contribution in [1.29, 1.82) is 0 Å². The summed E-state index contributed by atoms with van der Waals surface area (Å²) in [7, 11) is 0. The fourth-order valence-electron chi connectivity index (χ4n) is 3.46. The van der Waals surface area contributed by atoms with Crippen molar-refractivity contribution < 1.29 is 14.6 Å². The highest BCUT2D eigenvalue weighted by Crippen LogP contribution is 2.31. The molecule has 4 heteroatoms. The van der Waals surface area contributed by atoms with Crippen molar-refractivity contribution in [2.45, 2.75) is 25.0 Å². The van der Waals surface area contributed by atoms with E-state index >= 15 is 0 Å². The van der Waals surface area contributed by atoms with Gasteiger partial charge in [-0.05, 0) is 43.5 Å². The van der Waals surface area contributed by atoms with E-state index in [2.05, 4.69) is 4.90 Å². The third-order valence-electron chi connectivity index (χ3n) is 4.92. The van der Waals surface area contributed by atoms with Crippen LogP contribution in [-0.2, 0) is 0 Å². The van der Waals surface area contributed by atoms with Gasteiger partial charge in [0, 0.05) is 12.1 Å². The summed E-state index contributed by atoms with van der Waals surface area (Å²) in [5.74, 6) is -0.131. The van der Waals surface area contributed by atoms with Gasteiger partial charge in [-0.15, -0.1) is 0 Å². The highest BCUT2D eigenvalue weighted by Gasteiger charge is 2.27. The van der Waals surface area contributed by atoms with Gasteiger partial charge < -0.3 is 15.1 Å². The highest BCUT2D eigenvalue weighted by molar-refractivity contribution is 5.20. The van der Waals surface area contributed by atoms with Crippen LogP contribution in [0.3, 0.4) is 0 Å². The van der Waals surface area contributed by atoms with Gasteiger partial charge in [0.25, 0.3) is 0 Å². The van der Waals surface area contributed by atoms with Crippen LogP contribution in [0.1, 0.15) is 36.2 Å². The Morgan fingerprint density at radius 3 is 2.25 bits per heavy atom.